The number of nitrogens with two attached hydrogens (primary N) is 1. The van der Waals surface area contributed by atoms with Gasteiger partial charge in [0.1, 0.15) is 6.61 Å². The van der Waals surface area contributed by atoms with E-state index in [1.807, 2.05) is 19.1 Å². The van der Waals surface area contributed by atoms with Crippen LogP contribution in [0.25, 0.3) is 5.69 Å². The highest BCUT2D eigenvalue weighted by atomic mass is 19.3. The highest BCUT2D eigenvalue weighted by molar-refractivity contribution is 5.94. The van der Waals surface area contributed by atoms with Crippen LogP contribution in [0.4, 0.5) is 8.78 Å². The van der Waals surface area contributed by atoms with Gasteiger partial charge in [0.15, 0.2) is 0 Å². The van der Waals surface area contributed by atoms with Crippen LogP contribution in [-0.4, -0.2) is 44.5 Å². The number of carbonyl (C=O) groups is 1. The van der Waals surface area contributed by atoms with Gasteiger partial charge in [-0.05, 0) is 30.2 Å². The van der Waals surface area contributed by atoms with Gasteiger partial charge >= 0.3 is 12.5 Å². The van der Waals surface area contributed by atoms with Crippen molar-refractivity contribution < 1.29 is 18.3 Å². The first-order valence-electron chi connectivity index (χ1n) is 10.9. The lowest BCUT2D eigenvalue weighted by atomic mass is 9.93. The minimum Gasteiger partial charge on any atom is -0.457 e. The van der Waals surface area contributed by atoms with E-state index in [0.29, 0.717) is 35.5 Å². The molecular weight excluding hydrogens is 446 g/mol. The van der Waals surface area contributed by atoms with Gasteiger partial charge < -0.3 is 10.5 Å². The fraction of sp³-hybridized carbons (Fsp3) is 0.348. The van der Waals surface area contributed by atoms with Crippen molar-refractivity contribution in [2.75, 3.05) is 13.1 Å². The van der Waals surface area contributed by atoms with E-state index < -0.39 is 12.1 Å². The molecule has 0 amide bonds. The summed E-state index contributed by atoms with van der Waals surface area (Å²) in [5.74, 6) is -0.289. The van der Waals surface area contributed by atoms with E-state index in [2.05, 4.69) is 15.3 Å². The van der Waals surface area contributed by atoms with Gasteiger partial charge in [-0.25, -0.2) is 9.48 Å². The first-order valence-corrected chi connectivity index (χ1v) is 10.9. The van der Waals surface area contributed by atoms with Gasteiger partial charge in [0.25, 0.3) is 5.56 Å². The Morgan fingerprint density at radius 1 is 1.26 bits per heavy atom. The molecule has 2 aromatic heterocycles. The molecule has 1 aromatic carbocycles. The van der Waals surface area contributed by atoms with Crippen molar-refractivity contribution in [3.63, 3.8) is 0 Å². The second-order valence-corrected chi connectivity index (χ2v) is 8.60. The number of nitrogens with one attached hydrogen (secondary N) is 1. The Kier molecular flexibility index (Phi) is 5.76. The molecule has 0 aliphatic carbocycles. The number of rotatable bonds is 5. The highest BCUT2D eigenvalue weighted by Crippen LogP contribution is 2.30. The van der Waals surface area contributed by atoms with Crippen molar-refractivity contribution in [1.29, 1.82) is 0 Å². The first kappa shape index (κ1) is 22.4. The van der Waals surface area contributed by atoms with Crippen molar-refractivity contribution >= 4 is 5.97 Å². The van der Waals surface area contributed by atoms with Crippen LogP contribution in [0, 0.1) is 6.92 Å². The number of esters is 1. The average Bonchev–Trinajstić information content (AvgIpc) is 3.40. The summed E-state index contributed by atoms with van der Waals surface area (Å²) in [6.45, 7) is 1.29. The molecule has 2 atom stereocenters. The molecule has 1 saturated heterocycles. The van der Waals surface area contributed by atoms with Crippen molar-refractivity contribution in [2.24, 2.45) is 5.73 Å². The van der Waals surface area contributed by atoms with E-state index in [-0.39, 0.29) is 24.8 Å². The summed E-state index contributed by atoms with van der Waals surface area (Å²) in [5.41, 5.74) is 10.5. The Morgan fingerprint density at radius 3 is 2.85 bits per heavy atom. The number of pyridine rings is 1. The predicted molar refractivity (Wildman–Crippen MR) is 119 cm³/mol. The summed E-state index contributed by atoms with van der Waals surface area (Å²) < 4.78 is 32.7. The normalized spacial score (nSPS) is 20.6. The third-order valence-electron chi connectivity index (χ3n) is 6.34. The molecule has 0 bridgehead atoms. The van der Waals surface area contributed by atoms with E-state index in [1.165, 1.54) is 10.7 Å². The maximum absolute atomic E-state index is 12.8. The van der Waals surface area contributed by atoms with Gasteiger partial charge in [0.2, 0.25) is 0 Å². The van der Waals surface area contributed by atoms with Gasteiger partial charge in [-0.2, -0.15) is 13.9 Å². The molecule has 0 saturated carbocycles. The Balaban J connectivity index is 1.32. The van der Waals surface area contributed by atoms with Gasteiger partial charge in [0, 0.05) is 55.3 Å². The number of halogens is 2. The Bertz CT molecular complexity index is 1300. The average molecular weight is 470 g/mol. The van der Waals surface area contributed by atoms with Crippen molar-refractivity contribution in [3.05, 3.63) is 81.0 Å². The van der Waals surface area contributed by atoms with Gasteiger partial charge in [-0.1, -0.05) is 6.07 Å². The van der Waals surface area contributed by atoms with Crippen molar-refractivity contribution in [3.8, 4) is 5.69 Å². The van der Waals surface area contributed by atoms with E-state index in [4.69, 9.17) is 10.5 Å². The molecule has 11 heteroatoms. The number of alkyl halides is 2. The second kappa shape index (κ2) is 8.75. The molecule has 0 radical (unpaired) electrons. The first-order chi connectivity index (χ1) is 16.3. The molecule has 0 spiro atoms. The molecule has 3 N–H and O–H groups in total. The maximum Gasteiger partial charge on any atom is 0.338 e. The van der Waals surface area contributed by atoms with Crippen LogP contribution in [0.5, 0.6) is 0 Å². The minimum absolute atomic E-state index is 0.0262. The number of fused-ring (bicyclic) bond motifs is 1. The Hall–Kier alpha value is -3.41. The summed E-state index contributed by atoms with van der Waals surface area (Å²) in [6, 6.07) is 6.29. The molecular formula is C23H24F2N6O3. The summed E-state index contributed by atoms with van der Waals surface area (Å²) >= 11 is 0. The largest absolute Gasteiger partial charge is 0.457 e. The van der Waals surface area contributed by atoms with Crippen LogP contribution < -0.4 is 16.6 Å². The van der Waals surface area contributed by atoms with Crippen LogP contribution in [0.3, 0.4) is 0 Å². The Morgan fingerprint density at radius 2 is 2.09 bits per heavy atom. The smallest absolute Gasteiger partial charge is 0.338 e. The summed E-state index contributed by atoms with van der Waals surface area (Å²) in [6.07, 6.45) is 4.26. The van der Waals surface area contributed by atoms with Crippen LogP contribution in [0.2, 0.25) is 0 Å². The minimum atomic E-state index is -2.89. The standard InChI is InChI=1S/C23H24F2N6O3/c1-13-16(2-3-17-18(13)12-34-22(17)33)19-10-29(11-20(26)28-19)8-14-7-27-31(9-14)15-4-5-30(23(24)25)21(32)6-15/h2-7,9,19-20,23,28H,8,10-12,26H2,1H3/t19-,20+/m0/s1. The number of aromatic nitrogens is 3. The van der Waals surface area contributed by atoms with Crippen LogP contribution in [-0.2, 0) is 17.9 Å². The van der Waals surface area contributed by atoms with E-state index >= 15 is 0 Å². The monoisotopic (exact) mass is 470 g/mol. The fourth-order valence-electron chi connectivity index (χ4n) is 4.66. The summed E-state index contributed by atoms with van der Waals surface area (Å²) in [4.78, 5) is 25.9. The van der Waals surface area contributed by atoms with E-state index in [1.54, 1.807) is 12.4 Å². The number of carbonyl (C=O) groups excluding carboxylic acids is 1. The van der Waals surface area contributed by atoms with Crippen LogP contribution in [0.1, 0.15) is 45.2 Å². The fourth-order valence-corrected chi connectivity index (χ4v) is 4.66. The number of ether oxygens (including phenoxy) is 1. The zero-order valence-corrected chi connectivity index (χ0v) is 18.4. The summed E-state index contributed by atoms with van der Waals surface area (Å²) in [7, 11) is 0. The van der Waals surface area contributed by atoms with Gasteiger partial charge in [-0.15, -0.1) is 0 Å². The quantitative estimate of drug-likeness (QED) is 0.548. The molecule has 34 heavy (non-hydrogen) atoms. The molecule has 178 valence electrons. The molecule has 5 rings (SSSR count). The Labute approximate surface area is 193 Å². The topological polar surface area (TPSA) is 107 Å². The molecule has 2 aliphatic rings. The predicted octanol–water partition coefficient (Wildman–Crippen LogP) is 1.84. The number of hydrogen-bond donors (Lipinski definition) is 2. The SMILES string of the molecule is Cc1c([C@@H]2CN(Cc3cnn(-c4ccn(C(F)F)c(=O)c4)c3)C[C@H](N)N2)ccc2c1COC2=O. The third-order valence-corrected chi connectivity index (χ3v) is 6.34. The number of nitrogens with zero attached hydrogens (tertiary/aromatic N) is 4. The third kappa shape index (κ3) is 4.13. The van der Waals surface area contributed by atoms with E-state index in [0.717, 1.165) is 34.5 Å². The molecule has 2 aliphatic heterocycles. The van der Waals surface area contributed by atoms with E-state index in [9.17, 15) is 18.4 Å². The summed E-state index contributed by atoms with van der Waals surface area (Å²) in [5, 5.41) is 7.72. The molecule has 9 nitrogen and oxygen atoms in total. The lowest BCUT2D eigenvalue weighted by Gasteiger charge is -2.38. The molecule has 0 unspecified atom stereocenters. The van der Waals surface area contributed by atoms with Gasteiger partial charge in [0.05, 0.1) is 23.6 Å². The zero-order chi connectivity index (χ0) is 24.0. The highest BCUT2D eigenvalue weighted by Gasteiger charge is 2.30. The number of benzene rings is 1. The van der Waals surface area contributed by atoms with Crippen molar-refractivity contribution in [1.82, 2.24) is 24.6 Å². The van der Waals surface area contributed by atoms with Crippen molar-refractivity contribution in [2.45, 2.75) is 38.8 Å². The number of piperazine rings is 1. The van der Waals surface area contributed by atoms with Crippen LogP contribution >= 0.6 is 0 Å². The lowest BCUT2D eigenvalue weighted by molar-refractivity contribution is 0.0534. The second-order valence-electron chi connectivity index (χ2n) is 8.60. The zero-order valence-electron chi connectivity index (χ0n) is 18.4. The number of hydrogen-bond acceptors (Lipinski definition) is 7. The number of cyclic esters (lactones) is 1. The maximum atomic E-state index is 12.8. The van der Waals surface area contributed by atoms with Crippen LogP contribution in [0.15, 0.2) is 47.7 Å². The lowest BCUT2D eigenvalue weighted by Crippen LogP contribution is -2.56. The molecule has 1 fully saturated rings. The molecule has 4 heterocycles. The molecule has 3 aromatic rings. The van der Waals surface area contributed by atoms with Gasteiger partial charge in [-0.3, -0.25) is 19.6 Å².